The Balaban J connectivity index is 1.69. The third-order valence-electron chi connectivity index (χ3n) is 4.56. The second-order valence-electron chi connectivity index (χ2n) is 6.56. The standard InChI is InChI=1S/C17H23NO2S/c1-11-3-6-15(12(2)9-11)21-14-7-8-17(10-14,16(19)20)18-13-4-5-13/h3,6,9,13-14,18H,4-5,7-8,10H2,1-2H3,(H,19,20). The van der Waals surface area contributed by atoms with Gasteiger partial charge in [0.05, 0.1) is 0 Å². The predicted octanol–water partition coefficient (Wildman–Crippen LogP) is 3.52. The lowest BCUT2D eigenvalue weighted by Crippen LogP contribution is -2.51. The summed E-state index contributed by atoms with van der Waals surface area (Å²) in [6.45, 7) is 4.24. The zero-order chi connectivity index (χ0) is 15.0. The van der Waals surface area contributed by atoms with Crippen molar-refractivity contribution < 1.29 is 9.90 Å². The van der Waals surface area contributed by atoms with Crippen LogP contribution >= 0.6 is 11.8 Å². The van der Waals surface area contributed by atoms with Crippen LogP contribution in [0.2, 0.25) is 0 Å². The maximum absolute atomic E-state index is 11.7. The molecule has 3 nitrogen and oxygen atoms in total. The molecule has 0 amide bonds. The minimum Gasteiger partial charge on any atom is -0.480 e. The Hall–Kier alpha value is -1.00. The highest BCUT2D eigenvalue weighted by molar-refractivity contribution is 8.00. The Morgan fingerprint density at radius 3 is 2.71 bits per heavy atom. The Labute approximate surface area is 130 Å². The van der Waals surface area contributed by atoms with Crippen molar-refractivity contribution in [3.05, 3.63) is 29.3 Å². The molecule has 0 bridgehead atoms. The average Bonchev–Trinajstić information content (AvgIpc) is 3.12. The first-order valence-corrected chi connectivity index (χ1v) is 8.61. The van der Waals surface area contributed by atoms with Gasteiger partial charge in [0.15, 0.2) is 0 Å². The van der Waals surface area contributed by atoms with Crippen molar-refractivity contribution >= 4 is 17.7 Å². The van der Waals surface area contributed by atoms with Crippen molar-refractivity contribution in [3.63, 3.8) is 0 Å². The van der Waals surface area contributed by atoms with Crippen LogP contribution in [0.15, 0.2) is 23.1 Å². The summed E-state index contributed by atoms with van der Waals surface area (Å²) in [5.74, 6) is -0.668. The maximum atomic E-state index is 11.7. The highest BCUT2D eigenvalue weighted by Gasteiger charge is 2.48. The normalized spacial score (nSPS) is 28.8. The van der Waals surface area contributed by atoms with E-state index in [4.69, 9.17) is 0 Å². The largest absolute Gasteiger partial charge is 0.480 e. The Morgan fingerprint density at radius 2 is 2.10 bits per heavy atom. The molecule has 21 heavy (non-hydrogen) atoms. The molecule has 0 radical (unpaired) electrons. The number of carboxylic acids is 1. The molecule has 2 fully saturated rings. The first-order valence-electron chi connectivity index (χ1n) is 7.73. The number of aliphatic carboxylic acids is 1. The Kier molecular flexibility index (Phi) is 4.02. The second-order valence-corrected chi connectivity index (χ2v) is 7.90. The fraction of sp³-hybridized carbons (Fsp3) is 0.588. The fourth-order valence-corrected chi connectivity index (χ4v) is 4.57. The first kappa shape index (κ1) is 14.9. The van der Waals surface area contributed by atoms with E-state index in [0.717, 1.165) is 32.1 Å². The summed E-state index contributed by atoms with van der Waals surface area (Å²) in [7, 11) is 0. The third-order valence-corrected chi connectivity index (χ3v) is 6.01. The van der Waals surface area contributed by atoms with E-state index in [0.29, 0.717) is 11.3 Å². The van der Waals surface area contributed by atoms with Gasteiger partial charge < -0.3 is 5.11 Å². The zero-order valence-corrected chi connectivity index (χ0v) is 13.5. The van der Waals surface area contributed by atoms with Crippen molar-refractivity contribution in [2.75, 3.05) is 0 Å². The van der Waals surface area contributed by atoms with Crippen molar-refractivity contribution in [2.45, 2.75) is 67.7 Å². The maximum Gasteiger partial charge on any atom is 0.323 e. The highest BCUT2D eigenvalue weighted by atomic mass is 32.2. The molecule has 2 saturated carbocycles. The van der Waals surface area contributed by atoms with Gasteiger partial charge in [-0.05, 0) is 57.6 Å². The van der Waals surface area contributed by atoms with E-state index in [9.17, 15) is 9.90 Å². The molecular formula is C17H23NO2S. The van der Waals surface area contributed by atoms with Gasteiger partial charge >= 0.3 is 5.97 Å². The summed E-state index contributed by atoms with van der Waals surface area (Å²) in [4.78, 5) is 13.0. The van der Waals surface area contributed by atoms with Crippen LogP contribution in [-0.4, -0.2) is 27.9 Å². The molecule has 2 unspecified atom stereocenters. The van der Waals surface area contributed by atoms with Crippen molar-refractivity contribution in [1.82, 2.24) is 5.32 Å². The molecule has 4 heteroatoms. The summed E-state index contributed by atoms with van der Waals surface area (Å²) >= 11 is 1.85. The Bertz CT molecular complexity index is 556. The predicted molar refractivity (Wildman–Crippen MR) is 85.9 cm³/mol. The smallest absolute Gasteiger partial charge is 0.323 e. The summed E-state index contributed by atoms with van der Waals surface area (Å²) < 4.78 is 0. The monoisotopic (exact) mass is 305 g/mol. The van der Waals surface area contributed by atoms with E-state index in [1.807, 2.05) is 11.8 Å². The van der Waals surface area contributed by atoms with Crippen LogP contribution in [-0.2, 0) is 4.79 Å². The lowest BCUT2D eigenvalue weighted by molar-refractivity contribution is -0.144. The molecule has 0 saturated heterocycles. The summed E-state index contributed by atoms with van der Waals surface area (Å²) in [6, 6.07) is 6.94. The number of hydrogen-bond acceptors (Lipinski definition) is 3. The first-order chi connectivity index (χ1) is 9.98. The molecule has 0 spiro atoms. The summed E-state index contributed by atoms with van der Waals surface area (Å²) in [6.07, 6.45) is 4.72. The minimum atomic E-state index is -0.683. The highest BCUT2D eigenvalue weighted by Crippen LogP contribution is 2.42. The number of nitrogens with one attached hydrogen (secondary N) is 1. The average molecular weight is 305 g/mol. The number of benzene rings is 1. The van der Waals surface area contributed by atoms with Crippen molar-refractivity contribution in [2.24, 2.45) is 0 Å². The van der Waals surface area contributed by atoms with Gasteiger partial charge in [0, 0.05) is 16.2 Å². The molecule has 1 aromatic rings. The number of carboxylic acid groups (broad SMARTS) is 1. The minimum absolute atomic E-state index is 0.397. The Morgan fingerprint density at radius 1 is 1.33 bits per heavy atom. The number of carbonyl (C=O) groups is 1. The van der Waals surface area contributed by atoms with Crippen LogP contribution in [0.3, 0.4) is 0 Å². The van der Waals surface area contributed by atoms with E-state index >= 15 is 0 Å². The van der Waals surface area contributed by atoms with Crippen molar-refractivity contribution in [1.29, 1.82) is 0 Å². The van der Waals surface area contributed by atoms with Gasteiger partial charge in [-0.3, -0.25) is 10.1 Å². The molecule has 3 rings (SSSR count). The lowest BCUT2D eigenvalue weighted by Gasteiger charge is -2.26. The zero-order valence-electron chi connectivity index (χ0n) is 12.7. The van der Waals surface area contributed by atoms with Crippen molar-refractivity contribution in [3.8, 4) is 0 Å². The molecule has 2 N–H and O–H groups in total. The van der Waals surface area contributed by atoms with E-state index < -0.39 is 11.5 Å². The van der Waals surface area contributed by atoms with E-state index in [1.54, 1.807) is 0 Å². The SMILES string of the molecule is Cc1ccc(SC2CCC(NC3CC3)(C(=O)O)C2)c(C)c1. The number of thioether (sulfide) groups is 1. The topological polar surface area (TPSA) is 49.3 Å². The number of hydrogen-bond donors (Lipinski definition) is 2. The summed E-state index contributed by atoms with van der Waals surface area (Å²) in [5, 5.41) is 13.4. The molecular weight excluding hydrogens is 282 g/mol. The van der Waals surface area contributed by atoms with Crippen LogP contribution in [0.25, 0.3) is 0 Å². The van der Waals surface area contributed by atoms with Gasteiger partial charge in [-0.25, -0.2) is 0 Å². The molecule has 114 valence electrons. The van der Waals surface area contributed by atoms with Crippen LogP contribution in [0.1, 0.15) is 43.2 Å². The van der Waals surface area contributed by atoms with Crippen LogP contribution in [0.5, 0.6) is 0 Å². The summed E-state index contributed by atoms with van der Waals surface area (Å²) in [5.41, 5.74) is 1.89. The van der Waals surface area contributed by atoms with Gasteiger partial charge in [-0.15, -0.1) is 11.8 Å². The van der Waals surface area contributed by atoms with Crippen LogP contribution in [0, 0.1) is 13.8 Å². The van der Waals surface area contributed by atoms with Gasteiger partial charge in [-0.1, -0.05) is 17.7 Å². The van der Waals surface area contributed by atoms with Gasteiger partial charge in [-0.2, -0.15) is 0 Å². The number of aryl methyl sites for hydroxylation is 2. The van der Waals surface area contributed by atoms with Crippen LogP contribution in [0.4, 0.5) is 0 Å². The van der Waals surface area contributed by atoms with Gasteiger partial charge in [0.25, 0.3) is 0 Å². The second kappa shape index (κ2) is 5.65. The van der Waals surface area contributed by atoms with Crippen LogP contribution < -0.4 is 5.32 Å². The van der Waals surface area contributed by atoms with E-state index in [2.05, 4.69) is 37.4 Å². The quantitative estimate of drug-likeness (QED) is 0.874. The van der Waals surface area contributed by atoms with Gasteiger partial charge in [0.1, 0.15) is 5.54 Å². The molecule has 2 aliphatic rings. The lowest BCUT2D eigenvalue weighted by atomic mass is 9.98. The van der Waals surface area contributed by atoms with E-state index in [1.165, 1.54) is 16.0 Å². The fourth-order valence-electron chi connectivity index (χ4n) is 3.22. The molecule has 0 aromatic heterocycles. The number of rotatable bonds is 5. The van der Waals surface area contributed by atoms with E-state index in [-0.39, 0.29) is 0 Å². The van der Waals surface area contributed by atoms with Gasteiger partial charge in [0.2, 0.25) is 0 Å². The molecule has 0 aliphatic heterocycles. The molecule has 0 heterocycles. The third kappa shape index (κ3) is 3.27. The molecule has 1 aromatic carbocycles. The molecule has 2 aliphatic carbocycles. The molecule has 2 atom stereocenters.